The van der Waals surface area contributed by atoms with E-state index in [9.17, 15) is 9.59 Å². The summed E-state index contributed by atoms with van der Waals surface area (Å²) in [7, 11) is 1.78. The molecule has 0 spiro atoms. The number of rotatable bonds is 1. The SMILES string of the molecule is CN1CCCN(C(=O)C2(N)C3CCOC3C2(C)C)CC1=O. The average molecular weight is 295 g/mol. The maximum Gasteiger partial charge on any atom is 0.244 e. The molecule has 1 aliphatic carbocycles. The van der Waals surface area contributed by atoms with Crippen LogP contribution in [0.5, 0.6) is 0 Å². The number of nitrogens with two attached hydrogens (primary N) is 1. The van der Waals surface area contributed by atoms with E-state index in [1.54, 1.807) is 16.8 Å². The summed E-state index contributed by atoms with van der Waals surface area (Å²) in [5.41, 5.74) is 5.29. The van der Waals surface area contributed by atoms with E-state index in [2.05, 4.69) is 0 Å². The van der Waals surface area contributed by atoms with E-state index in [0.717, 1.165) is 12.8 Å². The molecule has 6 nitrogen and oxygen atoms in total. The van der Waals surface area contributed by atoms with E-state index >= 15 is 0 Å². The molecule has 0 bridgehead atoms. The van der Waals surface area contributed by atoms with Gasteiger partial charge in [0.15, 0.2) is 0 Å². The molecule has 0 aromatic carbocycles. The second-order valence-corrected chi connectivity index (χ2v) is 7.17. The molecule has 6 heteroatoms. The fourth-order valence-corrected chi connectivity index (χ4v) is 4.24. The Kier molecular flexibility index (Phi) is 3.29. The first-order valence-electron chi connectivity index (χ1n) is 7.74. The Balaban J connectivity index is 1.82. The zero-order valence-corrected chi connectivity index (χ0v) is 13.1. The van der Waals surface area contributed by atoms with Crippen LogP contribution in [0.3, 0.4) is 0 Å². The molecule has 3 fully saturated rings. The average Bonchev–Trinajstić information content (AvgIpc) is 2.86. The van der Waals surface area contributed by atoms with Crippen LogP contribution in [0.4, 0.5) is 0 Å². The van der Waals surface area contributed by atoms with E-state index in [1.807, 2.05) is 13.8 Å². The number of ether oxygens (including phenoxy) is 1. The topological polar surface area (TPSA) is 75.9 Å². The Bertz CT molecular complexity index is 479. The summed E-state index contributed by atoms with van der Waals surface area (Å²) in [6, 6.07) is 0. The molecule has 0 radical (unpaired) electrons. The third-order valence-corrected chi connectivity index (χ3v) is 5.77. The largest absolute Gasteiger partial charge is 0.377 e. The van der Waals surface area contributed by atoms with E-state index in [0.29, 0.717) is 19.7 Å². The highest BCUT2D eigenvalue weighted by atomic mass is 16.5. The predicted molar refractivity (Wildman–Crippen MR) is 77.4 cm³/mol. The molecule has 2 amide bonds. The van der Waals surface area contributed by atoms with Crippen LogP contribution in [0, 0.1) is 11.3 Å². The van der Waals surface area contributed by atoms with Crippen LogP contribution >= 0.6 is 0 Å². The summed E-state index contributed by atoms with van der Waals surface area (Å²) < 4.78 is 5.74. The number of carbonyl (C=O) groups is 2. The molecule has 3 aliphatic rings. The van der Waals surface area contributed by atoms with Crippen molar-refractivity contribution < 1.29 is 14.3 Å². The van der Waals surface area contributed by atoms with Crippen molar-refractivity contribution >= 4 is 11.8 Å². The van der Waals surface area contributed by atoms with Gasteiger partial charge in [0.1, 0.15) is 5.54 Å². The van der Waals surface area contributed by atoms with Crippen LogP contribution in [0.1, 0.15) is 26.7 Å². The Labute approximate surface area is 125 Å². The number of amides is 2. The van der Waals surface area contributed by atoms with E-state index < -0.39 is 5.54 Å². The summed E-state index contributed by atoms with van der Waals surface area (Å²) >= 11 is 0. The highest BCUT2D eigenvalue weighted by Gasteiger charge is 2.71. The first-order chi connectivity index (χ1) is 9.80. The quantitative estimate of drug-likeness (QED) is 0.728. The van der Waals surface area contributed by atoms with Gasteiger partial charge < -0.3 is 20.3 Å². The minimum atomic E-state index is -0.905. The van der Waals surface area contributed by atoms with Gasteiger partial charge in [-0.3, -0.25) is 9.59 Å². The van der Waals surface area contributed by atoms with Gasteiger partial charge in [0.25, 0.3) is 0 Å². The van der Waals surface area contributed by atoms with Gasteiger partial charge in [-0.2, -0.15) is 0 Å². The molecular weight excluding hydrogens is 270 g/mol. The maximum atomic E-state index is 13.0. The molecule has 2 N–H and O–H groups in total. The van der Waals surface area contributed by atoms with Crippen molar-refractivity contribution in [2.75, 3.05) is 33.3 Å². The van der Waals surface area contributed by atoms with Crippen molar-refractivity contribution in [2.24, 2.45) is 17.1 Å². The highest BCUT2D eigenvalue weighted by Crippen LogP contribution is 2.58. The first kappa shape index (κ1) is 14.8. The first-order valence-corrected chi connectivity index (χ1v) is 7.74. The molecule has 2 aliphatic heterocycles. The molecule has 2 heterocycles. The maximum absolute atomic E-state index is 13.0. The molecule has 0 aromatic rings. The molecule has 3 rings (SSSR count). The van der Waals surface area contributed by atoms with E-state index in [1.165, 1.54) is 0 Å². The molecule has 2 saturated heterocycles. The lowest BCUT2D eigenvalue weighted by atomic mass is 9.47. The van der Waals surface area contributed by atoms with Gasteiger partial charge in [0.05, 0.1) is 12.6 Å². The molecule has 0 aromatic heterocycles. The van der Waals surface area contributed by atoms with Crippen LogP contribution in [0.25, 0.3) is 0 Å². The predicted octanol–water partition coefficient (Wildman–Crippen LogP) is -0.180. The molecule has 3 unspecified atom stereocenters. The third-order valence-electron chi connectivity index (χ3n) is 5.77. The van der Waals surface area contributed by atoms with Crippen molar-refractivity contribution in [3.63, 3.8) is 0 Å². The fraction of sp³-hybridized carbons (Fsp3) is 0.867. The molecule has 1 saturated carbocycles. The zero-order valence-electron chi connectivity index (χ0n) is 13.1. The van der Waals surface area contributed by atoms with Gasteiger partial charge in [-0.1, -0.05) is 13.8 Å². The summed E-state index contributed by atoms with van der Waals surface area (Å²) in [4.78, 5) is 28.4. The Hall–Kier alpha value is -1.14. The number of hydrogen-bond donors (Lipinski definition) is 1. The van der Waals surface area contributed by atoms with Crippen LogP contribution < -0.4 is 5.73 Å². The Morgan fingerprint density at radius 3 is 2.81 bits per heavy atom. The van der Waals surface area contributed by atoms with Crippen molar-refractivity contribution in [3.8, 4) is 0 Å². The molecule has 3 atom stereocenters. The second kappa shape index (κ2) is 4.68. The molecule has 118 valence electrons. The monoisotopic (exact) mass is 295 g/mol. The summed E-state index contributed by atoms with van der Waals surface area (Å²) in [6.07, 6.45) is 1.70. The van der Waals surface area contributed by atoms with Gasteiger partial charge in [0, 0.05) is 38.1 Å². The lowest BCUT2D eigenvalue weighted by Gasteiger charge is -2.61. The van der Waals surface area contributed by atoms with E-state index in [-0.39, 0.29) is 35.8 Å². The van der Waals surface area contributed by atoms with Crippen LogP contribution in [0.2, 0.25) is 0 Å². The number of likely N-dealkylation sites (N-methyl/N-ethyl adjacent to an activating group) is 1. The Morgan fingerprint density at radius 1 is 1.38 bits per heavy atom. The van der Waals surface area contributed by atoms with Gasteiger partial charge in [-0.25, -0.2) is 0 Å². The van der Waals surface area contributed by atoms with Gasteiger partial charge in [-0.15, -0.1) is 0 Å². The minimum Gasteiger partial charge on any atom is -0.377 e. The standard InChI is InChI=1S/C15H25N3O3/c1-14(2)12-10(5-8-21-12)15(14,16)13(20)18-7-4-6-17(3)11(19)9-18/h10,12H,4-9,16H2,1-3H3. The Morgan fingerprint density at radius 2 is 2.10 bits per heavy atom. The third kappa shape index (κ3) is 1.85. The van der Waals surface area contributed by atoms with Crippen LogP contribution in [0.15, 0.2) is 0 Å². The lowest BCUT2D eigenvalue weighted by Crippen LogP contribution is -2.80. The number of fused-ring (bicyclic) bond motifs is 1. The minimum absolute atomic E-state index is 0.0131. The normalized spacial score (nSPS) is 38.8. The molecular formula is C15H25N3O3. The zero-order chi connectivity index (χ0) is 15.4. The fourth-order valence-electron chi connectivity index (χ4n) is 4.24. The highest BCUT2D eigenvalue weighted by molar-refractivity contribution is 5.93. The van der Waals surface area contributed by atoms with E-state index in [4.69, 9.17) is 10.5 Å². The molecule has 21 heavy (non-hydrogen) atoms. The summed E-state index contributed by atoms with van der Waals surface area (Å²) in [6.45, 7) is 6.11. The van der Waals surface area contributed by atoms with Crippen molar-refractivity contribution in [1.29, 1.82) is 0 Å². The van der Waals surface area contributed by atoms with Gasteiger partial charge in [0.2, 0.25) is 11.8 Å². The number of hydrogen-bond acceptors (Lipinski definition) is 4. The van der Waals surface area contributed by atoms with Crippen molar-refractivity contribution in [1.82, 2.24) is 9.80 Å². The second-order valence-electron chi connectivity index (χ2n) is 7.17. The van der Waals surface area contributed by atoms with Crippen molar-refractivity contribution in [2.45, 2.75) is 38.3 Å². The summed E-state index contributed by atoms with van der Waals surface area (Å²) in [5.74, 6) is -0.0141. The number of nitrogens with zero attached hydrogens (tertiary/aromatic N) is 2. The number of carbonyl (C=O) groups excluding carboxylic acids is 2. The van der Waals surface area contributed by atoms with Crippen molar-refractivity contribution in [3.05, 3.63) is 0 Å². The smallest absolute Gasteiger partial charge is 0.244 e. The van der Waals surface area contributed by atoms with Gasteiger partial charge in [-0.05, 0) is 12.8 Å². The van der Waals surface area contributed by atoms with Crippen LogP contribution in [-0.2, 0) is 14.3 Å². The summed E-state index contributed by atoms with van der Waals surface area (Å²) in [5, 5.41) is 0. The lowest BCUT2D eigenvalue weighted by molar-refractivity contribution is -0.184. The van der Waals surface area contributed by atoms with Crippen LogP contribution in [-0.4, -0.2) is 66.5 Å². The van der Waals surface area contributed by atoms with Gasteiger partial charge >= 0.3 is 0 Å².